The molecule has 1 aromatic carbocycles. The number of carbonyl (C=O) groups excluding carboxylic acids is 1. The molecule has 0 aliphatic carbocycles. The fraction of sp³-hybridized carbons (Fsp3) is 0.417. The number of nitrogens with two attached hydrogens (primary N) is 2. The maximum atomic E-state index is 11.9. The molecule has 0 radical (unpaired) electrons. The Morgan fingerprint density at radius 3 is 2.41 bits per heavy atom. The van der Waals surface area contributed by atoms with Gasteiger partial charge in [0, 0.05) is 24.0 Å². The van der Waals surface area contributed by atoms with Crippen LogP contribution in [-0.2, 0) is 4.74 Å². The van der Waals surface area contributed by atoms with Gasteiger partial charge in [-0.15, -0.1) is 0 Å². The first-order chi connectivity index (χ1) is 8.06. The van der Waals surface area contributed by atoms with E-state index in [0.717, 1.165) is 6.42 Å². The lowest BCUT2D eigenvalue weighted by Gasteiger charge is -2.16. The van der Waals surface area contributed by atoms with Crippen LogP contribution in [0.1, 0.15) is 23.7 Å². The minimum Gasteiger partial charge on any atom is -0.399 e. The van der Waals surface area contributed by atoms with Crippen LogP contribution in [0.4, 0.5) is 11.4 Å². The summed E-state index contributed by atoms with van der Waals surface area (Å²) < 4.78 is 5.01. The van der Waals surface area contributed by atoms with Gasteiger partial charge in [0.15, 0.2) is 0 Å². The Kier molecular flexibility index (Phi) is 4.78. The molecule has 0 fully saturated rings. The number of anilines is 2. The van der Waals surface area contributed by atoms with Crippen molar-refractivity contribution in [1.82, 2.24) is 5.32 Å². The van der Waals surface area contributed by atoms with Gasteiger partial charge < -0.3 is 21.5 Å². The topological polar surface area (TPSA) is 90.4 Å². The van der Waals surface area contributed by atoms with E-state index in [4.69, 9.17) is 16.2 Å². The van der Waals surface area contributed by atoms with Crippen LogP contribution in [-0.4, -0.2) is 25.7 Å². The van der Waals surface area contributed by atoms with Gasteiger partial charge in [0.25, 0.3) is 5.91 Å². The molecule has 0 spiro atoms. The molecule has 1 rings (SSSR count). The van der Waals surface area contributed by atoms with Gasteiger partial charge in [0.1, 0.15) is 0 Å². The van der Waals surface area contributed by atoms with Crippen molar-refractivity contribution < 1.29 is 9.53 Å². The molecule has 1 unspecified atom stereocenters. The van der Waals surface area contributed by atoms with Gasteiger partial charge in [-0.1, -0.05) is 6.92 Å². The Morgan fingerprint density at radius 2 is 1.94 bits per heavy atom. The minimum atomic E-state index is -0.187. The van der Waals surface area contributed by atoms with Crippen LogP contribution >= 0.6 is 0 Å². The molecule has 0 heterocycles. The van der Waals surface area contributed by atoms with E-state index < -0.39 is 0 Å². The summed E-state index contributed by atoms with van der Waals surface area (Å²) in [7, 11) is 1.60. The van der Waals surface area contributed by atoms with Crippen LogP contribution in [0, 0.1) is 0 Å². The van der Waals surface area contributed by atoms with Crippen LogP contribution in [0.3, 0.4) is 0 Å². The highest BCUT2D eigenvalue weighted by atomic mass is 16.5. The average Bonchev–Trinajstić information content (AvgIpc) is 2.27. The molecule has 1 aromatic rings. The van der Waals surface area contributed by atoms with Gasteiger partial charge in [-0.25, -0.2) is 0 Å². The fourth-order valence-electron chi connectivity index (χ4n) is 1.54. The molecule has 5 heteroatoms. The highest BCUT2D eigenvalue weighted by Gasteiger charge is 2.12. The number of ether oxygens (including phenoxy) is 1. The Bertz CT molecular complexity index is 373. The zero-order valence-electron chi connectivity index (χ0n) is 10.2. The Balaban J connectivity index is 2.75. The Labute approximate surface area is 101 Å². The molecule has 0 saturated heterocycles. The molecule has 5 nitrogen and oxygen atoms in total. The molecular weight excluding hydrogens is 218 g/mol. The number of nitrogens with one attached hydrogen (secondary N) is 1. The monoisotopic (exact) mass is 237 g/mol. The number of methoxy groups -OCH3 is 1. The normalized spacial score (nSPS) is 12.1. The second-order valence-corrected chi connectivity index (χ2v) is 3.92. The predicted molar refractivity (Wildman–Crippen MR) is 68.7 cm³/mol. The molecule has 0 aromatic heterocycles. The second kappa shape index (κ2) is 6.10. The van der Waals surface area contributed by atoms with E-state index in [2.05, 4.69) is 5.32 Å². The summed E-state index contributed by atoms with van der Waals surface area (Å²) in [6, 6.07) is 4.81. The van der Waals surface area contributed by atoms with Crippen LogP contribution in [0.2, 0.25) is 0 Å². The van der Waals surface area contributed by atoms with Gasteiger partial charge >= 0.3 is 0 Å². The molecule has 0 bridgehead atoms. The third-order valence-electron chi connectivity index (χ3n) is 2.44. The number of nitrogen functional groups attached to an aromatic ring is 2. The predicted octanol–water partition coefficient (Wildman–Crippen LogP) is 1.01. The standard InChI is InChI=1S/C12H19N3O2/c1-3-11(7-17-2)15-12(16)8-4-9(13)6-10(14)5-8/h4-6,11H,3,7,13-14H2,1-2H3,(H,15,16). The van der Waals surface area contributed by atoms with Gasteiger partial charge in [0.2, 0.25) is 0 Å². The van der Waals surface area contributed by atoms with Crippen LogP contribution < -0.4 is 16.8 Å². The summed E-state index contributed by atoms with van der Waals surface area (Å²) in [6.07, 6.45) is 0.803. The molecule has 1 amide bonds. The van der Waals surface area contributed by atoms with E-state index in [0.29, 0.717) is 23.5 Å². The van der Waals surface area contributed by atoms with Crippen molar-refractivity contribution in [3.05, 3.63) is 23.8 Å². The van der Waals surface area contributed by atoms with Gasteiger partial charge in [-0.2, -0.15) is 0 Å². The smallest absolute Gasteiger partial charge is 0.251 e. The molecule has 0 aliphatic heterocycles. The molecule has 94 valence electrons. The number of benzene rings is 1. The van der Waals surface area contributed by atoms with E-state index in [1.54, 1.807) is 25.3 Å². The highest BCUT2D eigenvalue weighted by Crippen LogP contribution is 2.13. The average molecular weight is 237 g/mol. The maximum Gasteiger partial charge on any atom is 0.251 e. The van der Waals surface area contributed by atoms with Crippen LogP contribution in [0.5, 0.6) is 0 Å². The molecule has 17 heavy (non-hydrogen) atoms. The summed E-state index contributed by atoms with van der Waals surface area (Å²) in [5, 5.41) is 2.86. The van der Waals surface area contributed by atoms with Crippen LogP contribution in [0.15, 0.2) is 18.2 Å². The highest BCUT2D eigenvalue weighted by molar-refractivity contribution is 5.96. The number of hydrogen-bond donors (Lipinski definition) is 3. The first-order valence-corrected chi connectivity index (χ1v) is 5.52. The zero-order chi connectivity index (χ0) is 12.8. The summed E-state index contributed by atoms with van der Waals surface area (Å²) in [4.78, 5) is 11.9. The SMILES string of the molecule is CCC(COC)NC(=O)c1cc(N)cc(N)c1. The van der Waals surface area contributed by atoms with Crippen molar-refractivity contribution in [2.24, 2.45) is 0 Å². The summed E-state index contributed by atoms with van der Waals surface area (Å²) in [5.74, 6) is -0.187. The Morgan fingerprint density at radius 1 is 1.35 bits per heavy atom. The third-order valence-corrected chi connectivity index (χ3v) is 2.44. The number of carbonyl (C=O) groups is 1. The zero-order valence-corrected chi connectivity index (χ0v) is 10.2. The molecule has 0 saturated carbocycles. The van der Waals surface area contributed by atoms with Crippen molar-refractivity contribution in [2.75, 3.05) is 25.2 Å². The fourth-order valence-corrected chi connectivity index (χ4v) is 1.54. The number of amides is 1. The number of rotatable bonds is 5. The lowest BCUT2D eigenvalue weighted by atomic mass is 10.1. The number of hydrogen-bond acceptors (Lipinski definition) is 4. The van der Waals surface area contributed by atoms with Gasteiger partial charge in [-0.3, -0.25) is 4.79 Å². The minimum absolute atomic E-state index is 0.00449. The quantitative estimate of drug-likeness (QED) is 0.666. The van der Waals surface area contributed by atoms with Crippen molar-refractivity contribution in [1.29, 1.82) is 0 Å². The van der Waals surface area contributed by atoms with Crippen molar-refractivity contribution in [3.8, 4) is 0 Å². The summed E-state index contributed by atoms with van der Waals surface area (Å²) >= 11 is 0. The molecular formula is C12H19N3O2. The summed E-state index contributed by atoms with van der Waals surface area (Å²) in [5.41, 5.74) is 12.7. The van der Waals surface area contributed by atoms with E-state index in [9.17, 15) is 4.79 Å². The molecule has 5 N–H and O–H groups in total. The Hall–Kier alpha value is -1.75. The first kappa shape index (κ1) is 13.3. The van der Waals surface area contributed by atoms with Gasteiger partial charge in [0.05, 0.1) is 12.6 Å². The maximum absolute atomic E-state index is 11.9. The summed E-state index contributed by atoms with van der Waals surface area (Å²) in [6.45, 7) is 2.47. The van der Waals surface area contributed by atoms with Crippen molar-refractivity contribution in [2.45, 2.75) is 19.4 Å². The molecule has 1 atom stereocenters. The molecule has 0 aliphatic rings. The van der Waals surface area contributed by atoms with Crippen molar-refractivity contribution >= 4 is 17.3 Å². The van der Waals surface area contributed by atoms with E-state index in [1.165, 1.54) is 0 Å². The third kappa shape index (κ3) is 3.96. The van der Waals surface area contributed by atoms with Crippen LogP contribution in [0.25, 0.3) is 0 Å². The van der Waals surface area contributed by atoms with E-state index >= 15 is 0 Å². The van der Waals surface area contributed by atoms with Crippen molar-refractivity contribution in [3.63, 3.8) is 0 Å². The van der Waals surface area contributed by atoms with E-state index in [-0.39, 0.29) is 11.9 Å². The largest absolute Gasteiger partial charge is 0.399 e. The first-order valence-electron chi connectivity index (χ1n) is 5.52. The lowest BCUT2D eigenvalue weighted by Crippen LogP contribution is -2.37. The van der Waals surface area contributed by atoms with Gasteiger partial charge in [-0.05, 0) is 24.6 Å². The van der Waals surface area contributed by atoms with E-state index in [1.807, 2.05) is 6.92 Å². The second-order valence-electron chi connectivity index (χ2n) is 3.92. The lowest BCUT2D eigenvalue weighted by molar-refractivity contribution is 0.0894.